The van der Waals surface area contributed by atoms with Crippen molar-refractivity contribution in [2.24, 2.45) is 29.4 Å². The van der Waals surface area contributed by atoms with Gasteiger partial charge in [0.1, 0.15) is 0 Å². The summed E-state index contributed by atoms with van der Waals surface area (Å²) in [6.45, 7) is 2.62. The molecular formula is C12H20N2OS. The Labute approximate surface area is 102 Å². The van der Waals surface area contributed by atoms with Gasteiger partial charge in [-0.15, -0.1) is 0 Å². The van der Waals surface area contributed by atoms with E-state index in [1.807, 2.05) is 14.0 Å². The normalized spacial score (nSPS) is 33.0. The van der Waals surface area contributed by atoms with E-state index in [2.05, 4.69) is 0 Å². The molecule has 2 saturated carbocycles. The molecule has 0 heterocycles. The third-order valence-corrected chi connectivity index (χ3v) is 4.40. The highest BCUT2D eigenvalue weighted by Crippen LogP contribution is 2.54. The summed E-state index contributed by atoms with van der Waals surface area (Å²) < 4.78 is 0. The maximum atomic E-state index is 12.1. The molecule has 2 fully saturated rings. The van der Waals surface area contributed by atoms with E-state index in [0.717, 1.165) is 24.7 Å². The summed E-state index contributed by atoms with van der Waals surface area (Å²) in [6.07, 6.45) is 3.57. The first kappa shape index (κ1) is 11.8. The van der Waals surface area contributed by atoms with Crippen molar-refractivity contribution in [2.75, 3.05) is 13.6 Å². The third kappa shape index (κ3) is 2.37. The van der Waals surface area contributed by atoms with Crippen molar-refractivity contribution in [3.63, 3.8) is 0 Å². The molecule has 0 aliphatic heterocycles. The number of rotatable bonds is 4. The summed E-state index contributed by atoms with van der Waals surface area (Å²) in [5.41, 5.74) is 5.56. The third-order valence-electron chi connectivity index (χ3n) is 4.00. The fraction of sp³-hybridized carbons (Fsp3) is 0.833. The van der Waals surface area contributed by atoms with Crippen LogP contribution in [0.5, 0.6) is 0 Å². The quantitative estimate of drug-likeness (QED) is 0.756. The van der Waals surface area contributed by atoms with Crippen LogP contribution in [0.4, 0.5) is 0 Å². The molecule has 0 spiro atoms. The highest BCUT2D eigenvalue weighted by atomic mass is 32.1. The Morgan fingerprint density at radius 3 is 2.50 bits per heavy atom. The molecule has 90 valence electrons. The van der Waals surface area contributed by atoms with Gasteiger partial charge in [0.15, 0.2) is 0 Å². The van der Waals surface area contributed by atoms with Crippen molar-refractivity contribution in [2.45, 2.75) is 26.2 Å². The van der Waals surface area contributed by atoms with E-state index in [4.69, 9.17) is 18.0 Å². The van der Waals surface area contributed by atoms with Crippen LogP contribution in [0.15, 0.2) is 0 Å². The van der Waals surface area contributed by atoms with Gasteiger partial charge < -0.3 is 10.6 Å². The first-order valence-corrected chi connectivity index (χ1v) is 6.44. The summed E-state index contributed by atoms with van der Waals surface area (Å²) >= 11 is 4.92. The number of nitrogens with zero attached hydrogens (tertiary/aromatic N) is 1. The van der Waals surface area contributed by atoms with Gasteiger partial charge in [0, 0.05) is 25.4 Å². The molecule has 0 saturated heterocycles. The number of fused-ring (bicyclic) bond motifs is 1. The molecule has 0 bridgehead atoms. The fourth-order valence-electron chi connectivity index (χ4n) is 2.82. The molecule has 3 nitrogen and oxygen atoms in total. The molecule has 3 atom stereocenters. The largest absolute Gasteiger partial charge is 0.393 e. The Kier molecular flexibility index (Phi) is 3.19. The van der Waals surface area contributed by atoms with Gasteiger partial charge in [-0.05, 0) is 31.1 Å². The fourth-order valence-corrected chi connectivity index (χ4v) is 2.89. The second kappa shape index (κ2) is 4.32. The molecule has 0 radical (unpaired) electrons. The average molecular weight is 240 g/mol. The van der Waals surface area contributed by atoms with Crippen LogP contribution >= 0.6 is 12.2 Å². The molecule has 0 aromatic carbocycles. The lowest BCUT2D eigenvalue weighted by molar-refractivity contribution is -0.134. The van der Waals surface area contributed by atoms with E-state index in [-0.39, 0.29) is 17.7 Å². The number of amides is 1. The minimum Gasteiger partial charge on any atom is -0.393 e. The molecule has 2 aliphatic carbocycles. The zero-order chi connectivity index (χ0) is 11.9. The predicted octanol–water partition coefficient (Wildman–Crippen LogP) is 1.41. The summed E-state index contributed by atoms with van der Waals surface area (Å²) in [4.78, 5) is 14.4. The molecule has 4 heteroatoms. The van der Waals surface area contributed by atoms with Gasteiger partial charge in [-0.3, -0.25) is 4.79 Å². The number of carbonyl (C=O) groups excluding carboxylic acids is 1. The average Bonchev–Trinajstić information content (AvgIpc) is 2.84. The van der Waals surface area contributed by atoms with Gasteiger partial charge in [0.25, 0.3) is 0 Å². The Morgan fingerprint density at radius 2 is 2.00 bits per heavy atom. The molecule has 3 unspecified atom stereocenters. The Bertz CT molecular complexity index is 308. The summed E-state index contributed by atoms with van der Waals surface area (Å²) in [7, 11) is 1.86. The van der Waals surface area contributed by atoms with E-state index in [0.29, 0.717) is 11.5 Å². The monoisotopic (exact) mass is 240 g/mol. The highest BCUT2D eigenvalue weighted by Gasteiger charge is 2.48. The molecule has 16 heavy (non-hydrogen) atoms. The van der Waals surface area contributed by atoms with Crippen LogP contribution in [0.3, 0.4) is 0 Å². The van der Waals surface area contributed by atoms with E-state index in [1.54, 1.807) is 4.90 Å². The second-order valence-electron chi connectivity index (χ2n) is 5.45. The van der Waals surface area contributed by atoms with Gasteiger partial charge in [-0.25, -0.2) is 0 Å². The van der Waals surface area contributed by atoms with Crippen LogP contribution in [-0.4, -0.2) is 29.4 Å². The lowest BCUT2D eigenvalue weighted by Crippen LogP contribution is -2.38. The van der Waals surface area contributed by atoms with Crippen LogP contribution < -0.4 is 5.73 Å². The van der Waals surface area contributed by atoms with Gasteiger partial charge in [-0.1, -0.05) is 19.1 Å². The lowest BCUT2D eigenvalue weighted by Gasteiger charge is -2.24. The van der Waals surface area contributed by atoms with Crippen LogP contribution in [0.1, 0.15) is 26.2 Å². The summed E-state index contributed by atoms with van der Waals surface area (Å²) in [5.74, 6) is 2.38. The SMILES string of the molecule is CC(CN(C)C(=O)C1CC2CC2C1)C(N)=S. The number of hydrogen-bond acceptors (Lipinski definition) is 2. The zero-order valence-electron chi connectivity index (χ0n) is 9.98. The van der Waals surface area contributed by atoms with E-state index >= 15 is 0 Å². The number of hydrogen-bond donors (Lipinski definition) is 1. The number of carbonyl (C=O) groups is 1. The Hall–Kier alpha value is -0.640. The molecule has 2 rings (SSSR count). The van der Waals surface area contributed by atoms with Crippen molar-refractivity contribution in [3.8, 4) is 0 Å². The van der Waals surface area contributed by atoms with Crippen LogP contribution in [0.25, 0.3) is 0 Å². The lowest BCUT2D eigenvalue weighted by atomic mass is 10.0. The van der Waals surface area contributed by atoms with Crippen LogP contribution in [-0.2, 0) is 4.79 Å². The first-order valence-electron chi connectivity index (χ1n) is 6.03. The topological polar surface area (TPSA) is 46.3 Å². The second-order valence-corrected chi connectivity index (χ2v) is 5.92. The Morgan fingerprint density at radius 1 is 1.44 bits per heavy atom. The standard InChI is InChI=1S/C12H20N2OS/c1-7(11(13)16)6-14(2)12(15)10-4-8-3-9(8)5-10/h7-10H,3-6H2,1-2H3,(H2,13,16). The zero-order valence-corrected chi connectivity index (χ0v) is 10.8. The van der Waals surface area contributed by atoms with Gasteiger partial charge in [0.05, 0.1) is 4.99 Å². The van der Waals surface area contributed by atoms with Crippen molar-refractivity contribution >= 4 is 23.1 Å². The first-order chi connectivity index (χ1) is 7.49. The number of thiocarbonyl (C=S) groups is 1. The maximum Gasteiger partial charge on any atom is 0.225 e. The van der Waals surface area contributed by atoms with Crippen molar-refractivity contribution < 1.29 is 4.79 Å². The molecule has 0 aromatic heterocycles. The smallest absolute Gasteiger partial charge is 0.225 e. The van der Waals surface area contributed by atoms with Crippen LogP contribution in [0.2, 0.25) is 0 Å². The van der Waals surface area contributed by atoms with Crippen molar-refractivity contribution in [1.82, 2.24) is 4.90 Å². The molecule has 2 aliphatic rings. The molecular weight excluding hydrogens is 220 g/mol. The molecule has 2 N–H and O–H groups in total. The summed E-state index contributed by atoms with van der Waals surface area (Å²) in [5, 5.41) is 0. The van der Waals surface area contributed by atoms with Crippen molar-refractivity contribution in [1.29, 1.82) is 0 Å². The van der Waals surface area contributed by atoms with E-state index in [1.165, 1.54) is 6.42 Å². The van der Waals surface area contributed by atoms with Crippen molar-refractivity contribution in [3.05, 3.63) is 0 Å². The van der Waals surface area contributed by atoms with Gasteiger partial charge in [0.2, 0.25) is 5.91 Å². The van der Waals surface area contributed by atoms with Gasteiger partial charge >= 0.3 is 0 Å². The number of nitrogens with two attached hydrogens (primary N) is 1. The highest BCUT2D eigenvalue weighted by molar-refractivity contribution is 7.80. The maximum absolute atomic E-state index is 12.1. The summed E-state index contributed by atoms with van der Waals surface area (Å²) in [6, 6.07) is 0. The Balaban J connectivity index is 1.82. The minimum absolute atomic E-state index is 0.111. The van der Waals surface area contributed by atoms with E-state index in [9.17, 15) is 4.79 Å². The van der Waals surface area contributed by atoms with Gasteiger partial charge in [-0.2, -0.15) is 0 Å². The molecule has 0 aromatic rings. The predicted molar refractivity (Wildman–Crippen MR) is 67.9 cm³/mol. The minimum atomic E-state index is 0.111. The van der Waals surface area contributed by atoms with Crippen LogP contribution in [0, 0.1) is 23.7 Å². The van der Waals surface area contributed by atoms with E-state index < -0.39 is 0 Å². The molecule has 1 amide bonds.